The number of rotatable bonds is 2. The lowest BCUT2D eigenvalue weighted by Crippen LogP contribution is -2.41. The Hall–Kier alpha value is -0.930. The van der Waals surface area contributed by atoms with Crippen molar-refractivity contribution in [1.29, 1.82) is 0 Å². The van der Waals surface area contributed by atoms with Gasteiger partial charge in [-0.3, -0.25) is 4.79 Å². The van der Waals surface area contributed by atoms with Crippen molar-refractivity contribution in [3.63, 3.8) is 0 Å². The summed E-state index contributed by atoms with van der Waals surface area (Å²) in [7, 11) is 0. The summed E-state index contributed by atoms with van der Waals surface area (Å²) in [6, 6.07) is 5.80. The van der Waals surface area contributed by atoms with E-state index in [-0.39, 0.29) is 5.91 Å². The maximum atomic E-state index is 11.2. The third-order valence-electron chi connectivity index (χ3n) is 3.23. The molecular formula is C13H16Cl2N2O. The Bertz CT molecular complexity index is 443. The van der Waals surface area contributed by atoms with Crippen molar-refractivity contribution in [3.05, 3.63) is 28.2 Å². The van der Waals surface area contributed by atoms with Crippen LogP contribution in [0.3, 0.4) is 0 Å². The van der Waals surface area contributed by atoms with Gasteiger partial charge in [0.2, 0.25) is 5.91 Å². The first-order valence-electron chi connectivity index (χ1n) is 6.03. The molecule has 18 heavy (non-hydrogen) atoms. The number of hydrogen-bond donors (Lipinski definition) is 1. The Morgan fingerprint density at radius 2 is 2.00 bits per heavy atom. The van der Waals surface area contributed by atoms with Gasteiger partial charge in [0.1, 0.15) is 0 Å². The first-order chi connectivity index (χ1) is 8.56. The second-order valence-electron chi connectivity index (χ2n) is 4.55. The normalized spacial score (nSPS) is 16.7. The summed E-state index contributed by atoms with van der Waals surface area (Å²) < 4.78 is 0. The maximum Gasteiger partial charge on any atom is 0.219 e. The summed E-state index contributed by atoms with van der Waals surface area (Å²) in [5.74, 6) is 0.151. The molecule has 0 radical (unpaired) electrons. The number of piperidine rings is 1. The van der Waals surface area contributed by atoms with E-state index in [0.717, 1.165) is 31.6 Å². The van der Waals surface area contributed by atoms with Crippen molar-refractivity contribution >= 4 is 34.8 Å². The molecule has 0 bridgehead atoms. The van der Waals surface area contributed by atoms with Gasteiger partial charge < -0.3 is 10.2 Å². The smallest absolute Gasteiger partial charge is 0.219 e. The lowest BCUT2D eigenvalue weighted by Gasteiger charge is -2.32. The van der Waals surface area contributed by atoms with Crippen LogP contribution in [0.4, 0.5) is 5.69 Å². The van der Waals surface area contributed by atoms with Gasteiger partial charge >= 0.3 is 0 Å². The summed E-state index contributed by atoms with van der Waals surface area (Å²) >= 11 is 12.0. The lowest BCUT2D eigenvalue weighted by atomic mass is 10.0. The molecule has 0 saturated carbocycles. The molecule has 1 heterocycles. The van der Waals surface area contributed by atoms with Crippen LogP contribution in [0.5, 0.6) is 0 Å². The van der Waals surface area contributed by atoms with Crippen LogP contribution in [0.25, 0.3) is 0 Å². The third-order valence-corrected chi connectivity index (χ3v) is 3.78. The van der Waals surface area contributed by atoms with E-state index >= 15 is 0 Å². The first kappa shape index (κ1) is 13.5. The van der Waals surface area contributed by atoms with Crippen LogP contribution in [0.1, 0.15) is 19.8 Å². The number of carbonyl (C=O) groups excluding carboxylic acids is 1. The van der Waals surface area contributed by atoms with Crippen LogP contribution in [-0.2, 0) is 4.79 Å². The molecule has 1 aromatic carbocycles. The monoisotopic (exact) mass is 286 g/mol. The zero-order chi connectivity index (χ0) is 13.1. The molecule has 1 fully saturated rings. The molecule has 5 heteroatoms. The van der Waals surface area contributed by atoms with Gasteiger partial charge in [0.25, 0.3) is 0 Å². The molecule has 1 aromatic rings. The average molecular weight is 287 g/mol. The Morgan fingerprint density at radius 1 is 1.33 bits per heavy atom. The number of halogens is 2. The van der Waals surface area contributed by atoms with Crippen LogP contribution in [0, 0.1) is 0 Å². The molecule has 0 atom stereocenters. The molecule has 3 nitrogen and oxygen atoms in total. The van der Waals surface area contributed by atoms with E-state index in [1.165, 1.54) is 0 Å². The van der Waals surface area contributed by atoms with Gasteiger partial charge in [0.15, 0.2) is 0 Å². The highest BCUT2D eigenvalue weighted by molar-refractivity contribution is 6.36. The van der Waals surface area contributed by atoms with Crippen LogP contribution in [0.15, 0.2) is 18.2 Å². The van der Waals surface area contributed by atoms with E-state index in [9.17, 15) is 4.79 Å². The van der Waals surface area contributed by atoms with Crippen molar-refractivity contribution in [2.75, 3.05) is 18.4 Å². The Morgan fingerprint density at radius 3 is 2.56 bits per heavy atom. The summed E-state index contributed by atoms with van der Waals surface area (Å²) in [5.41, 5.74) is 0.905. The predicted octanol–water partition coefficient (Wildman–Crippen LogP) is 3.42. The van der Waals surface area contributed by atoms with Crippen LogP contribution in [-0.4, -0.2) is 29.9 Å². The highest BCUT2D eigenvalue weighted by Gasteiger charge is 2.20. The summed E-state index contributed by atoms with van der Waals surface area (Å²) in [5, 5.41) is 4.68. The van der Waals surface area contributed by atoms with Gasteiger partial charge in [0.05, 0.1) is 10.7 Å². The van der Waals surface area contributed by atoms with Gasteiger partial charge in [-0.05, 0) is 31.0 Å². The van der Waals surface area contributed by atoms with E-state index in [0.29, 0.717) is 16.1 Å². The van der Waals surface area contributed by atoms with E-state index in [2.05, 4.69) is 5.32 Å². The molecular weight excluding hydrogens is 271 g/mol. The lowest BCUT2D eigenvalue weighted by molar-refractivity contribution is -0.129. The molecule has 0 spiro atoms. The minimum Gasteiger partial charge on any atom is -0.381 e. The maximum absolute atomic E-state index is 11.2. The standard InChI is InChI=1S/C13H16Cl2N2O/c1-9(18)17-6-4-11(5-7-17)16-13-3-2-10(14)8-12(13)15/h2-3,8,11,16H,4-7H2,1H3. The summed E-state index contributed by atoms with van der Waals surface area (Å²) in [6.07, 6.45) is 1.89. The van der Waals surface area contributed by atoms with Crippen LogP contribution in [0.2, 0.25) is 10.0 Å². The second-order valence-corrected chi connectivity index (χ2v) is 5.39. The van der Waals surface area contributed by atoms with Crippen LogP contribution < -0.4 is 5.32 Å². The van der Waals surface area contributed by atoms with Gasteiger partial charge in [-0.2, -0.15) is 0 Å². The van der Waals surface area contributed by atoms with Crippen molar-refractivity contribution in [3.8, 4) is 0 Å². The van der Waals surface area contributed by atoms with Crippen molar-refractivity contribution < 1.29 is 4.79 Å². The van der Waals surface area contributed by atoms with E-state index in [1.54, 1.807) is 13.0 Å². The zero-order valence-corrected chi connectivity index (χ0v) is 11.8. The van der Waals surface area contributed by atoms with E-state index in [1.807, 2.05) is 17.0 Å². The topological polar surface area (TPSA) is 32.3 Å². The van der Waals surface area contributed by atoms with E-state index < -0.39 is 0 Å². The third kappa shape index (κ3) is 3.30. The van der Waals surface area contributed by atoms with Gasteiger partial charge in [-0.25, -0.2) is 0 Å². The Kier molecular flexibility index (Phi) is 4.36. The highest BCUT2D eigenvalue weighted by Crippen LogP contribution is 2.27. The highest BCUT2D eigenvalue weighted by atomic mass is 35.5. The molecule has 0 aliphatic carbocycles. The predicted molar refractivity (Wildman–Crippen MR) is 75.4 cm³/mol. The van der Waals surface area contributed by atoms with Crippen molar-refractivity contribution in [1.82, 2.24) is 4.90 Å². The minimum absolute atomic E-state index is 0.151. The quantitative estimate of drug-likeness (QED) is 0.904. The Labute approximate surface area is 117 Å². The number of hydrogen-bond acceptors (Lipinski definition) is 2. The first-order valence-corrected chi connectivity index (χ1v) is 6.79. The van der Waals surface area contributed by atoms with Crippen molar-refractivity contribution in [2.45, 2.75) is 25.8 Å². The summed E-state index contributed by atoms with van der Waals surface area (Å²) in [4.78, 5) is 13.1. The Balaban J connectivity index is 1.93. The van der Waals surface area contributed by atoms with Gasteiger partial charge in [-0.1, -0.05) is 23.2 Å². The molecule has 98 valence electrons. The number of amides is 1. The molecule has 1 amide bonds. The molecule has 0 unspecified atom stereocenters. The second kappa shape index (κ2) is 5.81. The van der Waals surface area contributed by atoms with Crippen molar-refractivity contribution in [2.24, 2.45) is 0 Å². The fourth-order valence-electron chi connectivity index (χ4n) is 2.17. The van der Waals surface area contributed by atoms with Gasteiger partial charge in [0, 0.05) is 31.1 Å². The number of nitrogens with one attached hydrogen (secondary N) is 1. The minimum atomic E-state index is 0.151. The number of likely N-dealkylation sites (tertiary alicyclic amines) is 1. The molecule has 0 aromatic heterocycles. The number of anilines is 1. The SMILES string of the molecule is CC(=O)N1CCC(Nc2ccc(Cl)cc2Cl)CC1. The zero-order valence-electron chi connectivity index (χ0n) is 10.2. The van der Waals surface area contributed by atoms with Gasteiger partial charge in [-0.15, -0.1) is 0 Å². The number of nitrogens with zero attached hydrogens (tertiary/aromatic N) is 1. The fraction of sp³-hybridized carbons (Fsp3) is 0.462. The molecule has 1 saturated heterocycles. The average Bonchev–Trinajstić information content (AvgIpc) is 2.33. The molecule has 1 aliphatic rings. The van der Waals surface area contributed by atoms with E-state index in [4.69, 9.17) is 23.2 Å². The number of benzene rings is 1. The molecule has 1 aliphatic heterocycles. The molecule has 1 N–H and O–H groups in total. The van der Waals surface area contributed by atoms with Crippen LogP contribution >= 0.6 is 23.2 Å². The number of carbonyl (C=O) groups is 1. The fourth-order valence-corrected chi connectivity index (χ4v) is 2.63. The summed E-state index contributed by atoms with van der Waals surface area (Å²) in [6.45, 7) is 3.22. The largest absolute Gasteiger partial charge is 0.381 e. The molecule has 2 rings (SSSR count).